The Morgan fingerprint density at radius 1 is 1.35 bits per heavy atom. The highest BCUT2D eigenvalue weighted by atomic mass is 32.2. The lowest BCUT2D eigenvalue weighted by Crippen LogP contribution is -2.47. The molecular formula is C15H19NO3S. The van der Waals surface area contributed by atoms with Crippen LogP contribution >= 0.6 is 11.8 Å². The Balaban J connectivity index is 2.01. The molecule has 4 nitrogen and oxygen atoms in total. The van der Waals surface area contributed by atoms with Crippen molar-refractivity contribution in [3.63, 3.8) is 0 Å². The van der Waals surface area contributed by atoms with Gasteiger partial charge >= 0.3 is 5.97 Å². The maximum absolute atomic E-state index is 12.4. The van der Waals surface area contributed by atoms with Gasteiger partial charge in [-0.05, 0) is 12.5 Å². The average molecular weight is 293 g/mol. The van der Waals surface area contributed by atoms with Crippen LogP contribution in [-0.4, -0.2) is 46.0 Å². The summed E-state index contributed by atoms with van der Waals surface area (Å²) in [7, 11) is 0. The molecule has 1 aliphatic heterocycles. The van der Waals surface area contributed by atoms with E-state index in [-0.39, 0.29) is 18.4 Å². The minimum absolute atomic E-state index is 0.0282. The summed E-state index contributed by atoms with van der Waals surface area (Å²) in [5.74, 6) is 0.785. The number of aliphatic carboxylic acids is 1. The Labute approximate surface area is 123 Å². The highest BCUT2D eigenvalue weighted by molar-refractivity contribution is 7.99. The molecule has 0 aliphatic carbocycles. The third kappa shape index (κ3) is 4.00. The molecule has 2 rings (SSSR count). The number of nitrogens with zero attached hydrogens (tertiary/aromatic N) is 1. The van der Waals surface area contributed by atoms with Crippen LogP contribution in [0.25, 0.3) is 0 Å². The molecule has 1 aromatic rings. The summed E-state index contributed by atoms with van der Waals surface area (Å²) < 4.78 is 0. The quantitative estimate of drug-likeness (QED) is 0.922. The van der Waals surface area contributed by atoms with E-state index in [1.54, 1.807) is 16.7 Å². The summed E-state index contributed by atoms with van der Waals surface area (Å²) in [4.78, 5) is 25.0. The molecule has 1 fully saturated rings. The van der Waals surface area contributed by atoms with Crippen molar-refractivity contribution in [2.45, 2.75) is 25.8 Å². The molecule has 1 saturated heterocycles. The smallest absolute Gasteiger partial charge is 0.305 e. The van der Waals surface area contributed by atoms with Crippen LogP contribution in [0.5, 0.6) is 0 Å². The molecule has 1 N–H and O–H groups in total. The number of carbonyl (C=O) groups excluding carboxylic acids is 1. The number of hydrogen-bond acceptors (Lipinski definition) is 3. The van der Waals surface area contributed by atoms with Gasteiger partial charge in [0.1, 0.15) is 0 Å². The molecule has 108 valence electrons. The minimum atomic E-state index is -0.842. The second-order valence-corrected chi connectivity index (χ2v) is 6.23. The predicted molar refractivity (Wildman–Crippen MR) is 80.0 cm³/mol. The molecule has 0 saturated carbocycles. The number of hydrogen-bond donors (Lipinski definition) is 1. The molecule has 0 spiro atoms. The molecule has 1 atom stereocenters. The largest absolute Gasteiger partial charge is 0.481 e. The van der Waals surface area contributed by atoms with Crippen LogP contribution in [-0.2, 0) is 16.0 Å². The number of amides is 1. The summed E-state index contributed by atoms with van der Waals surface area (Å²) in [6, 6.07) is 7.72. The van der Waals surface area contributed by atoms with Crippen LogP contribution in [0, 0.1) is 6.92 Å². The van der Waals surface area contributed by atoms with Crippen molar-refractivity contribution >= 4 is 23.6 Å². The fourth-order valence-corrected chi connectivity index (χ4v) is 3.40. The molecule has 20 heavy (non-hydrogen) atoms. The van der Waals surface area contributed by atoms with Crippen molar-refractivity contribution in [1.29, 1.82) is 0 Å². The summed E-state index contributed by atoms with van der Waals surface area (Å²) in [6.45, 7) is 2.66. The first-order valence-electron chi connectivity index (χ1n) is 6.71. The zero-order chi connectivity index (χ0) is 14.5. The van der Waals surface area contributed by atoms with E-state index < -0.39 is 5.97 Å². The molecule has 0 radical (unpaired) electrons. The fraction of sp³-hybridized carbons (Fsp3) is 0.467. The van der Waals surface area contributed by atoms with E-state index >= 15 is 0 Å². The van der Waals surface area contributed by atoms with Gasteiger partial charge in [0.2, 0.25) is 5.91 Å². The Hall–Kier alpha value is -1.49. The summed E-state index contributed by atoms with van der Waals surface area (Å²) >= 11 is 1.72. The highest BCUT2D eigenvalue weighted by Gasteiger charge is 2.28. The van der Waals surface area contributed by atoms with E-state index in [0.29, 0.717) is 18.7 Å². The number of benzene rings is 1. The normalized spacial score (nSPS) is 18.9. The van der Waals surface area contributed by atoms with Gasteiger partial charge < -0.3 is 10.0 Å². The maximum atomic E-state index is 12.4. The Bertz CT molecular complexity index is 486. The summed E-state index contributed by atoms with van der Waals surface area (Å²) in [6.07, 6.45) is 0.383. The van der Waals surface area contributed by atoms with Crippen LogP contribution in [0.2, 0.25) is 0 Å². The SMILES string of the molecule is Cc1ccc(CC(=O)N2CCSCC2CC(=O)O)cc1. The van der Waals surface area contributed by atoms with Gasteiger partial charge in [0.15, 0.2) is 0 Å². The van der Waals surface area contributed by atoms with E-state index in [2.05, 4.69) is 0 Å². The second-order valence-electron chi connectivity index (χ2n) is 5.08. The molecule has 1 heterocycles. The number of rotatable bonds is 4. The van der Waals surface area contributed by atoms with Crippen molar-refractivity contribution < 1.29 is 14.7 Å². The van der Waals surface area contributed by atoms with Crippen molar-refractivity contribution in [1.82, 2.24) is 4.90 Å². The number of carbonyl (C=O) groups is 2. The van der Waals surface area contributed by atoms with Crippen LogP contribution < -0.4 is 0 Å². The standard InChI is InChI=1S/C15H19NO3S/c1-11-2-4-12(5-3-11)8-14(17)16-6-7-20-10-13(16)9-15(18)19/h2-5,13H,6-10H2,1H3,(H,18,19). The molecular weight excluding hydrogens is 274 g/mol. The van der Waals surface area contributed by atoms with E-state index in [0.717, 1.165) is 11.3 Å². The zero-order valence-corrected chi connectivity index (χ0v) is 12.4. The average Bonchev–Trinajstić information content (AvgIpc) is 2.41. The van der Waals surface area contributed by atoms with Gasteiger partial charge in [0.25, 0.3) is 0 Å². The molecule has 5 heteroatoms. The Kier molecular flexibility index (Phi) is 5.06. The van der Waals surface area contributed by atoms with Crippen molar-refractivity contribution in [2.24, 2.45) is 0 Å². The number of carboxylic acid groups (broad SMARTS) is 1. The van der Waals surface area contributed by atoms with E-state index in [1.165, 1.54) is 5.56 Å². The third-order valence-corrected chi connectivity index (χ3v) is 4.53. The lowest BCUT2D eigenvalue weighted by Gasteiger charge is -2.34. The van der Waals surface area contributed by atoms with Crippen LogP contribution in [0.1, 0.15) is 17.5 Å². The third-order valence-electron chi connectivity index (χ3n) is 3.43. The van der Waals surface area contributed by atoms with Gasteiger partial charge in [-0.2, -0.15) is 11.8 Å². The molecule has 1 amide bonds. The lowest BCUT2D eigenvalue weighted by molar-refractivity contribution is -0.140. The fourth-order valence-electron chi connectivity index (χ4n) is 2.34. The van der Waals surface area contributed by atoms with Crippen LogP contribution in [0.3, 0.4) is 0 Å². The lowest BCUT2D eigenvalue weighted by atomic mass is 10.1. The zero-order valence-electron chi connectivity index (χ0n) is 11.5. The van der Waals surface area contributed by atoms with Gasteiger partial charge in [-0.3, -0.25) is 9.59 Å². The molecule has 0 bridgehead atoms. The van der Waals surface area contributed by atoms with E-state index in [1.807, 2.05) is 31.2 Å². The van der Waals surface area contributed by atoms with E-state index in [9.17, 15) is 9.59 Å². The molecule has 1 unspecified atom stereocenters. The molecule has 1 aromatic carbocycles. The first-order chi connectivity index (χ1) is 9.56. The Morgan fingerprint density at radius 3 is 2.70 bits per heavy atom. The Morgan fingerprint density at radius 2 is 2.05 bits per heavy atom. The van der Waals surface area contributed by atoms with Crippen LogP contribution in [0.4, 0.5) is 0 Å². The predicted octanol–water partition coefficient (Wildman–Crippen LogP) is 1.96. The topological polar surface area (TPSA) is 57.6 Å². The number of thioether (sulfide) groups is 1. The highest BCUT2D eigenvalue weighted by Crippen LogP contribution is 2.20. The van der Waals surface area contributed by atoms with Gasteiger partial charge in [0.05, 0.1) is 18.9 Å². The first-order valence-corrected chi connectivity index (χ1v) is 7.86. The van der Waals surface area contributed by atoms with Gasteiger partial charge in [-0.1, -0.05) is 29.8 Å². The van der Waals surface area contributed by atoms with E-state index in [4.69, 9.17) is 5.11 Å². The number of carboxylic acids is 1. The van der Waals surface area contributed by atoms with Crippen molar-refractivity contribution in [3.8, 4) is 0 Å². The monoisotopic (exact) mass is 293 g/mol. The van der Waals surface area contributed by atoms with Crippen molar-refractivity contribution in [3.05, 3.63) is 35.4 Å². The first kappa shape index (κ1) is 14.9. The summed E-state index contributed by atoms with van der Waals surface area (Å²) in [5.41, 5.74) is 2.15. The van der Waals surface area contributed by atoms with Gasteiger partial charge in [-0.25, -0.2) is 0 Å². The van der Waals surface area contributed by atoms with Crippen LogP contribution in [0.15, 0.2) is 24.3 Å². The van der Waals surface area contributed by atoms with Gasteiger partial charge in [-0.15, -0.1) is 0 Å². The number of aryl methyl sites for hydroxylation is 1. The van der Waals surface area contributed by atoms with Crippen molar-refractivity contribution in [2.75, 3.05) is 18.1 Å². The second kappa shape index (κ2) is 6.79. The van der Waals surface area contributed by atoms with Gasteiger partial charge in [0, 0.05) is 18.1 Å². The summed E-state index contributed by atoms with van der Waals surface area (Å²) in [5, 5.41) is 8.94. The maximum Gasteiger partial charge on any atom is 0.305 e. The molecule has 1 aliphatic rings. The molecule has 0 aromatic heterocycles. The minimum Gasteiger partial charge on any atom is -0.481 e.